The molecule has 4 rings (SSSR count). The molecule has 1 saturated heterocycles. The molecule has 1 aliphatic rings. The highest BCUT2D eigenvalue weighted by Gasteiger charge is 2.42. The maximum Gasteiger partial charge on any atom is 0.170 e. The van der Waals surface area contributed by atoms with Crippen molar-refractivity contribution in [3.05, 3.63) is 83.9 Å². The zero-order chi connectivity index (χ0) is 19.0. The zero-order valence-electron chi connectivity index (χ0n) is 15.8. The number of rotatable bonds is 4. The van der Waals surface area contributed by atoms with Crippen molar-refractivity contribution in [3.8, 4) is 5.69 Å². The van der Waals surface area contributed by atoms with Crippen LogP contribution >= 0.6 is 12.2 Å². The molecule has 0 saturated carbocycles. The Kier molecular flexibility index (Phi) is 4.70. The second kappa shape index (κ2) is 7.16. The molecule has 27 heavy (non-hydrogen) atoms. The number of nitrogens with zero attached hydrogens (tertiary/aromatic N) is 3. The van der Waals surface area contributed by atoms with Crippen LogP contribution in [-0.2, 0) is 0 Å². The Morgan fingerprint density at radius 1 is 1.00 bits per heavy atom. The number of aromatic nitrogens is 2. The summed E-state index contributed by atoms with van der Waals surface area (Å²) >= 11 is 5.72. The molecule has 138 valence electrons. The van der Waals surface area contributed by atoms with Crippen molar-refractivity contribution in [2.24, 2.45) is 0 Å². The van der Waals surface area contributed by atoms with E-state index in [1.165, 1.54) is 11.4 Å². The molecule has 2 aromatic heterocycles. The Morgan fingerprint density at radius 2 is 1.74 bits per heavy atom. The largest absolute Gasteiger partial charge is 0.352 e. The van der Waals surface area contributed by atoms with Gasteiger partial charge in [0, 0.05) is 29.3 Å². The lowest BCUT2D eigenvalue weighted by molar-refractivity contribution is 0.262. The van der Waals surface area contributed by atoms with E-state index in [-0.39, 0.29) is 18.1 Å². The topological polar surface area (TPSA) is 33.1 Å². The first-order chi connectivity index (χ1) is 13.1. The quantitative estimate of drug-likeness (QED) is 0.677. The Bertz CT molecular complexity index is 933. The number of para-hydroxylation sites is 1. The molecule has 5 heteroatoms. The number of hydrogen-bond donors (Lipinski definition) is 1. The van der Waals surface area contributed by atoms with Gasteiger partial charge in [0.25, 0.3) is 0 Å². The van der Waals surface area contributed by atoms with Gasteiger partial charge in [0.2, 0.25) is 0 Å². The summed E-state index contributed by atoms with van der Waals surface area (Å²) < 4.78 is 2.33. The average Bonchev–Trinajstić information content (AvgIpc) is 3.22. The molecule has 0 spiro atoms. The van der Waals surface area contributed by atoms with Gasteiger partial charge in [0.15, 0.2) is 5.11 Å². The van der Waals surface area contributed by atoms with E-state index >= 15 is 0 Å². The lowest BCUT2D eigenvalue weighted by atomic mass is 10.0. The molecular weight excluding hydrogens is 352 g/mol. The van der Waals surface area contributed by atoms with Gasteiger partial charge in [0.05, 0.1) is 17.8 Å². The summed E-state index contributed by atoms with van der Waals surface area (Å²) in [5.74, 6) is 0. The number of aryl methyl sites for hydroxylation is 1. The molecule has 0 unspecified atom stereocenters. The molecule has 1 aliphatic heterocycles. The van der Waals surface area contributed by atoms with Crippen molar-refractivity contribution >= 4 is 17.3 Å². The van der Waals surface area contributed by atoms with Gasteiger partial charge in [-0.3, -0.25) is 4.98 Å². The monoisotopic (exact) mass is 376 g/mol. The fraction of sp³-hybridized carbons (Fsp3) is 0.273. The van der Waals surface area contributed by atoms with E-state index in [0.717, 1.165) is 16.5 Å². The summed E-state index contributed by atoms with van der Waals surface area (Å²) in [6.07, 6.45) is 1.84. The van der Waals surface area contributed by atoms with Crippen LogP contribution in [0.1, 0.15) is 43.0 Å². The lowest BCUT2D eigenvalue weighted by Gasteiger charge is -2.32. The third kappa shape index (κ3) is 3.12. The Labute approximate surface area is 165 Å². The van der Waals surface area contributed by atoms with E-state index in [1.807, 2.05) is 24.4 Å². The summed E-state index contributed by atoms with van der Waals surface area (Å²) in [5.41, 5.74) is 4.59. The second-order valence-corrected chi connectivity index (χ2v) is 7.58. The molecule has 1 N–H and O–H groups in total. The molecule has 1 fully saturated rings. The van der Waals surface area contributed by atoms with Crippen molar-refractivity contribution in [1.29, 1.82) is 0 Å². The van der Waals surface area contributed by atoms with Gasteiger partial charge in [-0.25, -0.2) is 0 Å². The predicted molar refractivity (Wildman–Crippen MR) is 113 cm³/mol. The Hall–Kier alpha value is -2.66. The average molecular weight is 377 g/mol. The molecule has 0 amide bonds. The normalized spacial score (nSPS) is 19.6. The standard InChI is InChI=1S/C22H24N4S/c1-15(2)25-21(20(24-22(25)27)18-11-7-8-14-23-18)19-13-12-16(3)26(19)17-9-5-4-6-10-17/h4-15,20-21H,1-3H3,(H,24,27)/t20-,21-/m0/s1. The summed E-state index contributed by atoms with van der Waals surface area (Å²) in [7, 11) is 0. The fourth-order valence-electron chi connectivity index (χ4n) is 3.96. The maximum absolute atomic E-state index is 5.72. The Morgan fingerprint density at radius 3 is 2.41 bits per heavy atom. The van der Waals surface area contributed by atoms with Crippen molar-refractivity contribution < 1.29 is 0 Å². The highest BCUT2D eigenvalue weighted by Crippen LogP contribution is 2.41. The zero-order valence-corrected chi connectivity index (χ0v) is 16.6. The van der Waals surface area contributed by atoms with Crippen molar-refractivity contribution in [1.82, 2.24) is 19.8 Å². The number of nitrogens with one attached hydrogen (secondary N) is 1. The van der Waals surface area contributed by atoms with Crippen LogP contribution in [0.5, 0.6) is 0 Å². The molecule has 0 radical (unpaired) electrons. The van der Waals surface area contributed by atoms with Gasteiger partial charge in [-0.2, -0.15) is 0 Å². The van der Waals surface area contributed by atoms with Crippen LogP contribution in [0.25, 0.3) is 5.69 Å². The van der Waals surface area contributed by atoms with E-state index in [9.17, 15) is 0 Å². The van der Waals surface area contributed by atoms with Gasteiger partial charge < -0.3 is 14.8 Å². The Balaban J connectivity index is 1.88. The van der Waals surface area contributed by atoms with Gasteiger partial charge in [0.1, 0.15) is 0 Å². The molecule has 3 heterocycles. The molecule has 0 aliphatic carbocycles. The first-order valence-electron chi connectivity index (χ1n) is 9.31. The van der Waals surface area contributed by atoms with Crippen LogP contribution < -0.4 is 5.32 Å². The number of hydrogen-bond acceptors (Lipinski definition) is 2. The summed E-state index contributed by atoms with van der Waals surface area (Å²) in [6.45, 7) is 6.52. The molecule has 1 aromatic carbocycles. The van der Waals surface area contributed by atoms with Crippen molar-refractivity contribution in [2.75, 3.05) is 0 Å². The first kappa shape index (κ1) is 17.7. The highest BCUT2D eigenvalue weighted by molar-refractivity contribution is 7.80. The third-order valence-electron chi connectivity index (χ3n) is 5.12. The first-order valence-corrected chi connectivity index (χ1v) is 9.72. The van der Waals surface area contributed by atoms with Crippen molar-refractivity contribution in [2.45, 2.75) is 38.9 Å². The van der Waals surface area contributed by atoms with Crippen LogP contribution in [0.2, 0.25) is 0 Å². The van der Waals surface area contributed by atoms with Crippen LogP contribution in [0, 0.1) is 6.92 Å². The molecule has 2 atom stereocenters. The fourth-order valence-corrected chi connectivity index (χ4v) is 4.41. The van der Waals surface area contributed by atoms with Crippen LogP contribution in [0.4, 0.5) is 0 Å². The minimum absolute atomic E-state index is 0.0119. The number of benzene rings is 1. The van der Waals surface area contributed by atoms with Crippen LogP contribution in [0.15, 0.2) is 66.9 Å². The van der Waals surface area contributed by atoms with E-state index in [2.05, 4.69) is 83.0 Å². The van der Waals surface area contributed by atoms with Gasteiger partial charge in [-0.15, -0.1) is 0 Å². The smallest absolute Gasteiger partial charge is 0.170 e. The number of thiocarbonyl (C=S) groups is 1. The molecule has 3 aromatic rings. The lowest BCUT2D eigenvalue weighted by Crippen LogP contribution is -2.36. The van der Waals surface area contributed by atoms with Crippen LogP contribution in [-0.4, -0.2) is 25.6 Å². The second-order valence-electron chi connectivity index (χ2n) is 7.20. The SMILES string of the molecule is Cc1ccc([C@H]2[C@H](c3ccccn3)NC(=S)N2C(C)C)n1-c1ccccc1. The van der Waals surface area contributed by atoms with Crippen LogP contribution in [0.3, 0.4) is 0 Å². The summed E-state index contributed by atoms with van der Waals surface area (Å²) in [5, 5.41) is 4.30. The van der Waals surface area contributed by atoms with Gasteiger partial charge in [-0.1, -0.05) is 24.3 Å². The minimum atomic E-state index is 0.0119. The van der Waals surface area contributed by atoms with Crippen molar-refractivity contribution in [3.63, 3.8) is 0 Å². The maximum atomic E-state index is 5.72. The van der Waals surface area contributed by atoms with E-state index in [4.69, 9.17) is 12.2 Å². The third-order valence-corrected chi connectivity index (χ3v) is 5.44. The minimum Gasteiger partial charge on any atom is -0.352 e. The van der Waals surface area contributed by atoms with E-state index in [0.29, 0.717) is 0 Å². The van der Waals surface area contributed by atoms with E-state index in [1.54, 1.807) is 0 Å². The highest BCUT2D eigenvalue weighted by atomic mass is 32.1. The number of pyridine rings is 1. The molecule has 0 bridgehead atoms. The van der Waals surface area contributed by atoms with E-state index < -0.39 is 0 Å². The summed E-state index contributed by atoms with van der Waals surface area (Å²) in [4.78, 5) is 6.91. The van der Waals surface area contributed by atoms with Gasteiger partial charge >= 0.3 is 0 Å². The summed E-state index contributed by atoms with van der Waals surface area (Å²) in [6, 6.07) is 21.3. The molecule has 4 nitrogen and oxygen atoms in total. The molecular formula is C22H24N4S. The predicted octanol–water partition coefficient (Wildman–Crippen LogP) is 4.56. The van der Waals surface area contributed by atoms with Gasteiger partial charge in [-0.05, 0) is 69.4 Å².